The lowest BCUT2D eigenvalue weighted by atomic mass is 10.1. The largest absolute Gasteiger partial charge is 0.486 e. The van der Waals surface area contributed by atoms with Crippen LogP contribution in [0.2, 0.25) is 0 Å². The van der Waals surface area contributed by atoms with Crippen LogP contribution in [0, 0.1) is 21.4 Å². The minimum Gasteiger partial charge on any atom is -0.486 e. The highest BCUT2D eigenvalue weighted by Crippen LogP contribution is 2.32. The molecule has 3 rings (SSSR count). The van der Waals surface area contributed by atoms with Gasteiger partial charge in [-0.25, -0.2) is 0 Å². The number of benzene rings is 2. The van der Waals surface area contributed by atoms with E-state index in [1.54, 1.807) is 6.07 Å². The normalized spacial score (nSPS) is 15.2. The SMILES string of the molecule is CCCN(CC1COc2ccccc2O1)c1ccc([N+](=O)[O-])cc1C#N. The molecule has 1 unspecified atom stereocenters. The van der Waals surface area contributed by atoms with Crippen LogP contribution < -0.4 is 14.4 Å². The molecule has 2 aromatic carbocycles. The lowest BCUT2D eigenvalue weighted by Gasteiger charge is -2.32. The third-order valence-electron chi connectivity index (χ3n) is 4.14. The van der Waals surface area contributed by atoms with E-state index in [1.165, 1.54) is 12.1 Å². The smallest absolute Gasteiger partial charge is 0.270 e. The van der Waals surface area contributed by atoms with Gasteiger partial charge >= 0.3 is 0 Å². The topological polar surface area (TPSA) is 88.6 Å². The molecule has 134 valence electrons. The highest BCUT2D eigenvalue weighted by Gasteiger charge is 2.24. The van der Waals surface area contributed by atoms with Crippen LogP contribution in [-0.2, 0) is 0 Å². The molecule has 0 spiro atoms. The molecule has 26 heavy (non-hydrogen) atoms. The molecule has 1 aliphatic heterocycles. The van der Waals surface area contributed by atoms with Crippen LogP contribution in [0.15, 0.2) is 42.5 Å². The van der Waals surface area contributed by atoms with Crippen LogP contribution in [0.4, 0.5) is 11.4 Å². The lowest BCUT2D eigenvalue weighted by molar-refractivity contribution is -0.384. The number of nitro benzene ring substituents is 1. The second-order valence-corrected chi connectivity index (χ2v) is 6.01. The molecule has 1 aliphatic rings. The Bertz CT molecular complexity index is 847. The molecule has 1 heterocycles. The van der Waals surface area contributed by atoms with Crippen LogP contribution in [0.1, 0.15) is 18.9 Å². The van der Waals surface area contributed by atoms with Gasteiger partial charge in [-0.3, -0.25) is 10.1 Å². The molecule has 0 radical (unpaired) electrons. The third kappa shape index (κ3) is 3.70. The van der Waals surface area contributed by atoms with Gasteiger partial charge in [-0.1, -0.05) is 19.1 Å². The minimum absolute atomic E-state index is 0.0899. The van der Waals surface area contributed by atoms with E-state index >= 15 is 0 Å². The molecule has 0 aromatic heterocycles. The Labute approximate surface area is 151 Å². The number of anilines is 1. The van der Waals surface area contributed by atoms with Crippen LogP contribution in [-0.4, -0.2) is 30.7 Å². The zero-order chi connectivity index (χ0) is 18.5. The highest BCUT2D eigenvalue weighted by atomic mass is 16.6. The van der Waals surface area contributed by atoms with E-state index in [4.69, 9.17) is 9.47 Å². The fourth-order valence-corrected chi connectivity index (χ4v) is 2.98. The van der Waals surface area contributed by atoms with Crippen molar-refractivity contribution in [3.8, 4) is 17.6 Å². The molecule has 0 amide bonds. The molecule has 2 aromatic rings. The summed E-state index contributed by atoms with van der Waals surface area (Å²) in [4.78, 5) is 12.5. The van der Waals surface area contributed by atoms with Gasteiger partial charge < -0.3 is 14.4 Å². The maximum Gasteiger partial charge on any atom is 0.270 e. The van der Waals surface area contributed by atoms with E-state index in [9.17, 15) is 15.4 Å². The van der Waals surface area contributed by atoms with Crippen molar-refractivity contribution in [2.75, 3.05) is 24.6 Å². The van der Waals surface area contributed by atoms with Crippen molar-refractivity contribution >= 4 is 11.4 Å². The number of ether oxygens (including phenoxy) is 2. The molecule has 1 atom stereocenters. The Morgan fingerprint density at radius 1 is 1.31 bits per heavy atom. The van der Waals surface area contributed by atoms with Crippen molar-refractivity contribution < 1.29 is 14.4 Å². The third-order valence-corrected chi connectivity index (χ3v) is 4.14. The molecule has 0 aliphatic carbocycles. The van der Waals surface area contributed by atoms with Crippen molar-refractivity contribution in [1.29, 1.82) is 5.26 Å². The highest BCUT2D eigenvalue weighted by molar-refractivity contribution is 5.63. The van der Waals surface area contributed by atoms with Crippen molar-refractivity contribution in [2.24, 2.45) is 0 Å². The zero-order valence-electron chi connectivity index (χ0n) is 14.4. The number of rotatable bonds is 6. The molecular formula is C19H19N3O4. The maximum atomic E-state index is 11.0. The summed E-state index contributed by atoms with van der Waals surface area (Å²) in [5.74, 6) is 1.42. The second kappa shape index (κ2) is 7.74. The predicted molar refractivity (Wildman–Crippen MR) is 96.7 cm³/mol. The van der Waals surface area contributed by atoms with Crippen molar-refractivity contribution in [3.63, 3.8) is 0 Å². The summed E-state index contributed by atoms with van der Waals surface area (Å²) < 4.78 is 11.8. The first-order chi connectivity index (χ1) is 12.6. The van der Waals surface area contributed by atoms with Gasteiger partial charge in [-0.15, -0.1) is 0 Å². The van der Waals surface area contributed by atoms with Gasteiger partial charge in [0.1, 0.15) is 12.7 Å². The zero-order valence-corrected chi connectivity index (χ0v) is 14.4. The van der Waals surface area contributed by atoms with Crippen molar-refractivity contribution in [1.82, 2.24) is 0 Å². The summed E-state index contributed by atoms with van der Waals surface area (Å²) >= 11 is 0. The van der Waals surface area contributed by atoms with Gasteiger partial charge in [0.05, 0.1) is 22.7 Å². The standard InChI is InChI=1S/C19H19N3O4/c1-2-9-21(17-8-7-15(22(23)24)10-14(17)11-20)12-16-13-25-18-5-3-4-6-19(18)26-16/h3-8,10,16H,2,9,12-13H2,1H3. The van der Waals surface area contributed by atoms with Crippen molar-refractivity contribution in [3.05, 3.63) is 58.1 Å². The summed E-state index contributed by atoms with van der Waals surface area (Å²) in [6.07, 6.45) is 0.671. The van der Waals surface area contributed by atoms with Gasteiger partial charge in [0, 0.05) is 18.7 Å². The number of para-hydroxylation sites is 2. The first-order valence-electron chi connectivity index (χ1n) is 8.44. The second-order valence-electron chi connectivity index (χ2n) is 6.01. The number of nitrogens with zero attached hydrogens (tertiary/aromatic N) is 3. The van der Waals surface area contributed by atoms with Crippen LogP contribution >= 0.6 is 0 Å². The van der Waals surface area contributed by atoms with Gasteiger partial charge in [0.25, 0.3) is 5.69 Å². The Kier molecular flexibility index (Phi) is 5.23. The molecule has 0 fully saturated rings. The molecule has 7 heteroatoms. The molecular weight excluding hydrogens is 334 g/mol. The Hall–Kier alpha value is -3.27. The molecule has 0 saturated heterocycles. The summed E-state index contributed by atoms with van der Waals surface area (Å²) in [5, 5.41) is 20.4. The van der Waals surface area contributed by atoms with Gasteiger partial charge in [-0.05, 0) is 24.6 Å². The Morgan fingerprint density at radius 3 is 2.77 bits per heavy atom. The van der Waals surface area contributed by atoms with E-state index < -0.39 is 4.92 Å². The number of hydrogen-bond acceptors (Lipinski definition) is 6. The van der Waals surface area contributed by atoms with E-state index in [0.717, 1.165) is 12.2 Å². The molecule has 0 N–H and O–H groups in total. The average Bonchev–Trinajstić information content (AvgIpc) is 2.67. The monoisotopic (exact) mass is 353 g/mol. The first-order valence-corrected chi connectivity index (χ1v) is 8.44. The summed E-state index contributed by atoms with van der Waals surface area (Å²) in [6, 6.07) is 13.9. The number of fused-ring (bicyclic) bond motifs is 1. The van der Waals surface area contributed by atoms with Crippen molar-refractivity contribution in [2.45, 2.75) is 19.4 Å². The average molecular weight is 353 g/mol. The fourth-order valence-electron chi connectivity index (χ4n) is 2.98. The Morgan fingerprint density at radius 2 is 2.08 bits per heavy atom. The molecule has 0 bridgehead atoms. The molecule has 7 nitrogen and oxygen atoms in total. The van der Waals surface area contributed by atoms with Gasteiger partial charge in [-0.2, -0.15) is 5.26 Å². The lowest BCUT2D eigenvalue weighted by Crippen LogP contribution is -2.41. The summed E-state index contributed by atoms with van der Waals surface area (Å²) in [6.45, 7) is 3.67. The van der Waals surface area contributed by atoms with E-state index in [2.05, 4.69) is 6.07 Å². The van der Waals surface area contributed by atoms with Crippen LogP contribution in [0.5, 0.6) is 11.5 Å². The number of nitro groups is 1. The quantitative estimate of drug-likeness (QED) is 0.583. The molecule has 0 saturated carbocycles. The Balaban J connectivity index is 1.82. The van der Waals surface area contributed by atoms with Crippen LogP contribution in [0.3, 0.4) is 0 Å². The van der Waals surface area contributed by atoms with Crippen LogP contribution in [0.25, 0.3) is 0 Å². The maximum absolute atomic E-state index is 11.0. The van der Waals surface area contributed by atoms with E-state index in [0.29, 0.717) is 31.1 Å². The number of hydrogen-bond donors (Lipinski definition) is 0. The fraction of sp³-hybridized carbons (Fsp3) is 0.316. The van der Waals surface area contributed by atoms with Gasteiger partial charge in [0.2, 0.25) is 0 Å². The number of nitriles is 1. The predicted octanol–water partition coefficient (Wildman–Crippen LogP) is 3.52. The summed E-state index contributed by atoms with van der Waals surface area (Å²) in [5.41, 5.74) is 0.861. The number of non-ortho nitro benzene ring substituents is 1. The first kappa shape index (κ1) is 17.5. The van der Waals surface area contributed by atoms with Gasteiger partial charge in [0.15, 0.2) is 17.6 Å². The van der Waals surface area contributed by atoms with E-state index in [1.807, 2.05) is 36.1 Å². The summed E-state index contributed by atoms with van der Waals surface area (Å²) in [7, 11) is 0. The van der Waals surface area contributed by atoms with E-state index in [-0.39, 0.29) is 17.4 Å². The minimum atomic E-state index is -0.496.